The molecule has 0 radical (unpaired) electrons. The van der Waals surface area contributed by atoms with Crippen molar-refractivity contribution in [1.29, 1.82) is 0 Å². The van der Waals surface area contributed by atoms with Gasteiger partial charge in [-0.2, -0.15) is 4.72 Å². The molecule has 7 nitrogen and oxygen atoms in total. The molecule has 33 heavy (non-hydrogen) atoms. The summed E-state index contributed by atoms with van der Waals surface area (Å²) in [5.74, 6) is -1.92. The Morgan fingerprint density at radius 2 is 1.67 bits per heavy atom. The fourth-order valence-electron chi connectivity index (χ4n) is 4.19. The zero-order valence-corrected chi connectivity index (χ0v) is 20.6. The molecule has 2 unspecified atom stereocenters. The second-order valence-electron chi connectivity index (χ2n) is 8.14. The number of carbonyl (C=O) groups is 1. The predicted octanol–water partition coefficient (Wildman–Crippen LogP) is 3.56. The third kappa shape index (κ3) is 4.45. The van der Waals surface area contributed by atoms with Crippen LogP contribution in [0.3, 0.4) is 0 Å². The van der Waals surface area contributed by atoms with Crippen LogP contribution in [0.5, 0.6) is 0 Å². The van der Waals surface area contributed by atoms with E-state index in [4.69, 9.17) is 11.6 Å². The topological polar surface area (TPSA) is 118 Å². The second kappa shape index (κ2) is 8.21. The van der Waals surface area contributed by atoms with Crippen LogP contribution in [0.4, 0.5) is 0 Å². The Hall–Kier alpha value is -2.24. The summed E-state index contributed by atoms with van der Waals surface area (Å²) < 4.78 is 53.2. The van der Waals surface area contributed by atoms with E-state index in [0.29, 0.717) is 15.5 Å². The van der Waals surface area contributed by atoms with Crippen molar-refractivity contribution in [2.45, 2.75) is 21.6 Å². The van der Waals surface area contributed by atoms with Gasteiger partial charge in [0.25, 0.3) is 10.0 Å². The van der Waals surface area contributed by atoms with Gasteiger partial charge in [0.2, 0.25) is 0 Å². The number of halogens is 1. The molecule has 174 valence electrons. The van der Waals surface area contributed by atoms with Gasteiger partial charge < -0.3 is 5.11 Å². The summed E-state index contributed by atoms with van der Waals surface area (Å²) in [7, 11) is -7.90. The standard InChI is InChI=1S/C22H20ClNO6S3/c1-32(27,28)14-21(16-5-3-2-4-6-16)13-22(21,20(25)26)24-33(29,30)19-12-11-18(31-19)15-7-9-17(23)10-8-15/h2-12,24H,13-14H2,1H3,(H,25,26). The summed E-state index contributed by atoms with van der Waals surface area (Å²) in [5.41, 5.74) is -2.19. The Morgan fingerprint density at radius 3 is 2.24 bits per heavy atom. The number of sulfonamides is 1. The summed E-state index contributed by atoms with van der Waals surface area (Å²) in [6.07, 6.45) is 0.829. The quantitative estimate of drug-likeness (QED) is 0.464. The van der Waals surface area contributed by atoms with Crippen LogP contribution in [0.1, 0.15) is 12.0 Å². The molecule has 2 aromatic carbocycles. The number of hydrogen-bond acceptors (Lipinski definition) is 6. The number of hydrogen-bond donors (Lipinski definition) is 2. The Morgan fingerprint density at radius 1 is 1.03 bits per heavy atom. The monoisotopic (exact) mass is 525 g/mol. The van der Waals surface area contributed by atoms with Crippen molar-refractivity contribution in [3.05, 3.63) is 77.3 Å². The van der Waals surface area contributed by atoms with E-state index in [2.05, 4.69) is 4.72 Å². The van der Waals surface area contributed by atoms with Crippen LogP contribution in [0, 0.1) is 0 Å². The first kappa shape index (κ1) is 23.9. The van der Waals surface area contributed by atoms with E-state index in [1.54, 1.807) is 60.7 Å². The largest absolute Gasteiger partial charge is 0.480 e. The maximum absolute atomic E-state index is 13.2. The molecule has 1 saturated carbocycles. The first-order chi connectivity index (χ1) is 15.4. The molecular formula is C22H20ClNO6S3. The highest BCUT2D eigenvalue weighted by Gasteiger charge is 2.75. The van der Waals surface area contributed by atoms with Crippen LogP contribution in [0.25, 0.3) is 10.4 Å². The Bertz CT molecular complexity index is 1420. The van der Waals surface area contributed by atoms with E-state index in [9.17, 15) is 26.7 Å². The average molecular weight is 526 g/mol. The van der Waals surface area contributed by atoms with Crippen molar-refractivity contribution in [3.63, 3.8) is 0 Å². The molecule has 3 aromatic rings. The van der Waals surface area contributed by atoms with Crippen LogP contribution in [0.2, 0.25) is 5.02 Å². The molecule has 1 aromatic heterocycles. The van der Waals surface area contributed by atoms with Gasteiger partial charge in [0, 0.05) is 21.6 Å². The third-order valence-electron chi connectivity index (χ3n) is 5.74. The maximum Gasteiger partial charge on any atom is 0.325 e. The van der Waals surface area contributed by atoms with Gasteiger partial charge in [-0.1, -0.05) is 54.1 Å². The molecule has 0 aliphatic heterocycles. The van der Waals surface area contributed by atoms with Gasteiger partial charge in [0.05, 0.1) is 5.75 Å². The number of aliphatic carboxylic acids is 1. The minimum absolute atomic E-state index is 0.0682. The van der Waals surface area contributed by atoms with Crippen LogP contribution in [-0.2, 0) is 30.1 Å². The van der Waals surface area contributed by atoms with Crippen molar-refractivity contribution < 1.29 is 26.7 Å². The summed E-state index contributed by atoms with van der Waals surface area (Å²) in [6.45, 7) is 0. The lowest BCUT2D eigenvalue weighted by atomic mass is 9.92. The normalized spacial score (nSPS) is 22.7. The highest BCUT2D eigenvalue weighted by Crippen LogP contribution is 2.59. The van der Waals surface area contributed by atoms with Crippen molar-refractivity contribution in [3.8, 4) is 10.4 Å². The predicted molar refractivity (Wildman–Crippen MR) is 128 cm³/mol. The number of carboxylic acid groups (broad SMARTS) is 1. The van der Waals surface area contributed by atoms with Gasteiger partial charge in [0.15, 0.2) is 0 Å². The highest BCUT2D eigenvalue weighted by atomic mass is 35.5. The zero-order chi connectivity index (χ0) is 24.1. The number of carboxylic acids is 1. The first-order valence-corrected chi connectivity index (χ1v) is 14.5. The number of thiophene rings is 1. The Balaban J connectivity index is 1.72. The van der Waals surface area contributed by atoms with Crippen LogP contribution in [0.15, 0.2) is 70.9 Å². The minimum Gasteiger partial charge on any atom is -0.480 e. The molecule has 0 spiro atoms. The van der Waals surface area contributed by atoms with Gasteiger partial charge in [0.1, 0.15) is 19.6 Å². The van der Waals surface area contributed by atoms with E-state index >= 15 is 0 Å². The van der Waals surface area contributed by atoms with E-state index in [0.717, 1.165) is 23.2 Å². The molecule has 0 amide bonds. The van der Waals surface area contributed by atoms with E-state index in [1.165, 1.54) is 6.07 Å². The summed E-state index contributed by atoms with van der Waals surface area (Å²) in [4.78, 5) is 13.1. The molecule has 0 saturated heterocycles. The summed E-state index contributed by atoms with van der Waals surface area (Å²) in [6, 6.07) is 18.2. The van der Waals surface area contributed by atoms with Gasteiger partial charge in [-0.3, -0.25) is 4.79 Å². The highest BCUT2D eigenvalue weighted by molar-refractivity contribution is 7.92. The first-order valence-electron chi connectivity index (χ1n) is 9.75. The zero-order valence-electron chi connectivity index (χ0n) is 17.4. The number of sulfone groups is 1. The number of benzene rings is 2. The Labute approximate surface area is 201 Å². The SMILES string of the molecule is CS(=O)(=O)CC1(c2ccccc2)CC1(NS(=O)(=O)c1ccc(-c2ccc(Cl)cc2)s1)C(=O)O. The number of nitrogens with one attached hydrogen (secondary N) is 1. The molecule has 2 atom stereocenters. The summed E-state index contributed by atoms with van der Waals surface area (Å²) >= 11 is 6.89. The molecule has 11 heteroatoms. The molecule has 1 fully saturated rings. The lowest BCUT2D eigenvalue weighted by Gasteiger charge is -2.23. The lowest BCUT2D eigenvalue weighted by molar-refractivity contribution is -0.140. The van der Waals surface area contributed by atoms with Crippen molar-refractivity contribution >= 4 is 48.8 Å². The second-order valence-corrected chi connectivity index (χ2v) is 13.7. The smallest absolute Gasteiger partial charge is 0.325 e. The van der Waals surface area contributed by atoms with Gasteiger partial charge in [-0.25, -0.2) is 16.8 Å². The van der Waals surface area contributed by atoms with Crippen molar-refractivity contribution in [2.75, 3.05) is 12.0 Å². The minimum atomic E-state index is -4.26. The molecule has 2 N–H and O–H groups in total. The molecule has 1 aliphatic carbocycles. The van der Waals surface area contributed by atoms with Crippen molar-refractivity contribution in [2.24, 2.45) is 0 Å². The molecule has 4 rings (SSSR count). The van der Waals surface area contributed by atoms with Gasteiger partial charge >= 0.3 is 5.97 Å². The van der Waals surface area contributed by atoms with Crippen molar-refractivity contribution in [1.82, 2.24) is 4.72 Å². The maximum atomic E-state index is 13.2. The van der Waals surface area contributed by atoms with Crippen LogP contribution in [-0.4, -0.2) is 45.5 Å². The van der Waals surface area contributed by atoms with Crippen LogP contribution >= 0.6 is 22.9 Å². The van der Waals surface area contributed by atoms with Gasteiger partial charge in [-0.15, -0.1) is 11.3 Å². The summed E-state index contributed by atoms with van der Waals surface area (Å²) in [5, 5.41) is 10.6. The number of rotatable bonds is 8. The molecular weight excluding hydrogens is 506 g/mol. The van der Waals surface area contributed by atoms with E-state index in [1.807, 2.05) is 0 Å². The average Bonchev–Trinajstić information content (AvgIpc) is 3.10. The Kier molecular flexibility index (Phi) is 5.95. The fraction of sp³-hybridized carbons (Fsp3) is 0.227. The van der Waals surface area contributed by atoms with Crippen LogP contribution < -0.4 is 4.72 Å². The third-order valence-corrected chi connectivity index (χ3v) is 10.1. The fourth-order valence-corrected chi connectivity index (χ4v) is 8.46. The van der Waals surface area contributed by atoms with Gasteiger partial charge in [-0.05, 0) is 41.8 Å². The van der Waals surface area contributed by atoms with E-state index < -0.39 is 42.5 Å². The molecule has 0 bridgehead atoms. The van der Waals surface area contributed by atoms with E-state index in [-0.39, 0.29) is 10.6 Å². The lowest BCUT2D eigenvalue weighted by Crippen LogP contribution is -2.50. The molecule has 1 heterocycles. The molecule has 1 aliphatic rings.